The van der Waals surface area contributed by atoms with Crippen molar-refractivity contribution in [2.75, 3.05) is 0 Å². The number of rotatable bonds is 15. The second-order valence-electron chi connectivity index (χ2n) is 11.0. The first-order valence-electron chi connectivity index (χ1n) is 15.3. The summed E-state index contributed by atoms with van der Waals surface area (Å²) in [5, 5.41) is 3.00. The molecular formula is C36H40NO8P. The maximum absolute atomic E-state index is 14.4. The molecule has 0 bridgehead atoms. The normalized spacial score (nSPS) is 21.5. The highest BCUT2D eigenvalue weighted by atomic mass is 31.2. The molecule has 1 aliphatic heterocycles. The van der Waals surface area contributed by atoms with Crippen LogP contribution in [0.5, 0.6) is 0 Å². The Kier molecular flexibility index (Phi) is 12.3. The zero-order valence-electron chi connectivity index (χ0n) is 26.0. The number of hydrogen-bond acceptors (Lipinski definition) is 8. The summed E-state index contributed by atoms with van der Waals surface area (Å²) in [6.45, 7) is 3.64. The number of amides is 1. The molecule has 4 aromatic carbocycles. The highest BCUT2D eigenvalue weighted by Gasteiger charge is 2.50. The van der Waals surface area contributed by atoms with E-state index in [4.69, 9.17) is 27.8 Å². The van der Waals surface area contributed by atoms with Crippen LogP contribution in [0.3, 0.4) is 0 Å². The Morgan fingerprint density at radius 2 is 1.04 bits per heavy atom. The zero-order chi connectivity index (χ0) is 32.2. The van der Waals surface area contributed by atoms with E-state index in [-0.39, 0.29) is 32.3 Å². The minimum atomic E-state index is -4.28. The summed E-state index contributed by atoms with van der Waals surface area (Å²) in [6, 6.07) is 37.2. The van der Waals surface area contributed by atoms with Crippen molar-refractivity contribution in [1.82, 2.24) is 5.32 Å². The molecule has 0 radical (unpaired) electrons. The highest BCUT2D eigenvalue weighted by molar-refractivity contribution is 7.48. The number of phosphoric ester groups is 1. The molecule has 1 amide bonds. The van der Waals surface area contributed by atoms with Gasteiger partial charge in [0, 0.05) is 6.92 Å². The topological polar surface area (TPSA) is 102 Å². The largest absolute Gasteiger partial charge is 0.477 e. The smallest absolute Gasteiger partial charge is 0.369 e. The molecule has 1 unspecified atom stereocenters. The van der Waals surface area contributed by atoms with E-state index in [0.29, 0.717) is 0 Å². The van der Waals surface area contributed by atoms with Gasteiger partial charge in [0.05, 0.1) is 38.6 Å². The lowest BCUT2D eigenvalue weighted by molar-refractivity contribution is -0.268. The molecule has 1 fully saturated rings. The van der Waals surface area contributed by atoms with Gasteiger partial charge in [0.1, 0.15) is 12.2 Å². The molecule has 10 heteroatoms. The quantitative estimate of drug-likeness (QED) is 0.139. The minimum Gasteiger partial charge on any atom is -0.369 e. The van der Waals surface area contributed by atoms with Crippen molar-refractivity contribution in [3.05, 3.63) is 144 Å². The maximum Gasteiger partial charge on any atom is 0.477 e. The van der Waals surface area contributed by atoms with Crippen molar-refractivity contribution in [2.45, 2.75) is 70.9 Å². The second kappa shape index (κ2) is 16.8. The van der Waals surface area contributed by atoms with Crippen molar-refractivity contribution in [3.63, 3.8) is 0 Å². The lowest BCUT2D eigenvalue weighted by Gasteiger charge is -2.45. The molecule has 46 heavy (non-hydrogen) atoms. The third-order valence-corrected chi connectivity index (χ3v) is 8.78. The fourth-order valence-electron chi connectivity index (χ4n) is 5.13. The van der Waals surface area contributed by atoms with Crippen LogP contribution in [0, 0.1) is 0 Å². The van der Waals surface area contributed by atoms with E-state index >= 15 is 0 Å². The van der Waals surface area contributed by atoms with Gasteiger partial charge in [0.25, 0.3) is 0 Å². The van der Waals surface area contributed by atoms with Crippen LogP contribution in [0.1, 0.15) is 36.1 Å². The van der Waals surface area contributed by atoms with E-state index in [1.807, 2.05) is 128 Å². The Morgan fingerprint density at radius 1 is 0.652 bits per heavy atom. The molecule has 242 valence electrons. The number of carbonyl (C=O) groups excluding carboxylic acids is 1. The van der Waals surface area contributed by atoms with Gasteiger partial charge in [-0.3, -0.25) is 18.4 Å². The van der Waals surface area contributed by atoms with Crippen molar-refractivity contribution in [2.24, 2.45) is 0 Å². The van der Waals surface area contributed by atoms with Gasteiger partial charge in [0.2, 0.25) is 5.91 Å². The third-order valence-electron chi connectivity index (χ3n) is 7.43. The summed E-state index contributed by atoms with van der Waals surface area (Å²) in [4.78, 5) is 12.6. The van der Waals surface area contributed by atoms with Crippen LogP contribution in [0.4, 0.5) is 0 Å². The van der Waals surface area contributed by atoms with Gasteiger partial charge >= 0.3 is 7.82 Å². The molecule has 1 heterocycles. The molecule has 1 aliphatic rings. The molecule has 1 N–H and O–H groups in total. The van der Waals surface area contributed by atoms with Gasteiger partial charge in [-0.05, 0) is 29.2 Å². The predicted molar refractivity (Wildman–Crippen MR) is 173 cm³/mol. The minimum absolute atomic E-state index is 0.0251. The molecule has 9 nitrogen and oxygen atoms in total. The van der Waals surface area contributed by atoms with E-state index in [1.165, 1.54) is 6.92 Å². The maximum atomic E-state index is 14.4. The molecule has 0 aliphatic carbocycles. The summed E-state index contributed by atoms with van der Waals surface area (Å²) in [5.74, 6) is -0.289. The fourth-order valence-corrected chi connectivity index (χ4v) is 6.37. The van der Waals surface area contributed by atoms with E-state index in [1.54, 1.807) is 0 Å². The van der Waals surface area contributed by atoms with Gasteiger partial charge in [-0.15, -0.1) is 0 Å². The molecule has 1 saturated heterocycles. The number of phosphoric acid groups is 1. The Morgan fingerprint density at radius 3 is 1.46 bits per heavy atom. The number of ether oxygens (including phenoxy) is 3. The first kappa shape index (κ1) is 33.7. The molecule has 0 saturated carbocycles. The highest BCUT2D eigenvalue weighted by Crippen LogP contribution is 2.53. The number of nitrogens with one attached hydrogen (secondary N) is 1. The first-order chi connectivity index (χ1) is 22.4. The van der Waals surface area contributed by atoms with Gasteiger partial charge in [0.15, 0.2) is 6.29 Å². The van der Waals surface area contributed by atoms with Crippen LogP contribution in [-0.2, 0) is 63.6 Å². The molecule has 4 aromatic rings. The van der Waals surface area contributed by atoms with Crippen LogP contribution in [0.25, 0.3) is 0 Å². The lowest BCUT2D eigenvalue weighted by atomic mass is 9.96. The van der Waals surface area contributed by atoms with Gasteiger partial charge < -0.3 is 19.5 Å². The summed E-state index contributed by atoms with van der Waals surface area (Å²) in [7, 11) is -4.28. The van der Waals surface area contributed by atoms with Crippen molar-refractivity contribution in [1.29, 1.82) is 0 Å². The molecule has 5 atom stereocenters. The summed E-state index contributed by atoms with van der Waals surface area (Å²) >= 11 is 0. The van der Waals surface area contributed by atoms with Crippen LogP contribution < -0.4 is 5.32 Å². The number of benzene rings is 4. The van der Waals surface area contributed by atoms with Crippen LogP contribution >= 0.6 is 7.82 Å². The summed E-state index contributed by atoms with van der Waals surface area (Å²) in [5.41, 5.74) is 3.43. The monoisotopic (exact) mass is 645 g/mol. The van der Waals surface area contributed by atoms with E-state index < -0.39 is 38.5 Å². The Labute approximate surface area is 270 Å². The van der Waals surface area contributed by atoms with Crippen molar-refractivity contribution in [3.8, 4) is 0 Å². The average Bonchev–Trinajstić information content (AvgIpc) is 3.08. The van der Waals surface area contributed by atoms with E-state index in [2.05, 4.69) is 5.32 Å². The Hall–Kier alpha value is -3.66. The Balaban J connectivity index is 1.42. The van der Waals surface area contributed by atoms with Gasteiger partial charge in [-0.25, -0.2) is 4.57 Å². The lowest BCUT2D eigenvalue weighted by Crippen LogP contribution is -2.64. The molecule has 5 rings (SSSR count). The third kappa shape index (κ3) is 9.92. The van der Waals surface area contributed by atoms with Crippen molar-refractivity contribution >= 4 is 13.7 Å². The van der Waals surface area contributed by atoms with Gasteiger partial charge in [-0.1, -0.05) is 121 Å². The Bertz CT molecular complexity index is 1480. The molecule has 0 spiro atoms. The van der Waals surface area contributed by atoms with Crippen LogP contribution in [-0.4, -0.2) is 36.6 Å². The van der Waals surface area contributed by atoms with E-state index in [9.17, 15) is 9.36 Å². The fraction of sp³-hybridized carbons (Fsp3) is 0.306. The van der Waals surface area contributed by atoms with Crippen molar-refractivity contribution < 1.29 is 37.1 Å². The zero-order valence-corrected chi connectivity index (χ0v) is 26.9. The number of hydrogen-bond donors (Lipinski definition) is 1. The average molecular weight is 646 g/mol. The molecule has 0 aromatic heterocycles. The van der Waals surface area contributed by atoms with Gasteiger partial charge in [-0.2, -0.15) is 0 Å². The van der Waals surface area contributed by atoms with E-state index in [0.717, 1.165) is 22.3 Å². The SMILES string of the molecule is CC(=O)N[C@H]1[C@H](OCc2ccccc2)[C@@H](C)OC(OP(=O)(OCc2ccccc2)OCc2ccccc2)[C@@H]1OCc1ccccc1. The summed E-state index contributed by atoms with van der Waals surface area (Å²) < 4.78 is 51.4. The standard InChI is InChI=1S/C36H40NO8P/c1-27-34(40-23-29-15-7-3-8-16-29)33(37-28(2)38)35(41-24-30-17-9-4-10-18-30)36(44-27)45-46(39,42-25-31-19-11-5-12-20-31)43-26-32-21-13-6-14-22-32/h3-22,27,33-36H,23-26H2,1-2H3,(H,37,38)/t27-,33+,34-,35-,36?/m1/s1. The first-order valence-corrected chi connectivity index (χ1v) is 16.7. The molecular weight excluding hydrogens is 605 g/mol. The second-order valence-corrected chi connectivity index (χ2v) is 12.7. The van der Waals surface area contributed by atoms with Crippen LogP contribution in [0.15, 0.2) is 121 Å². The number of carbonyl (C=O) groups is 1. The van der Waals surface area contributed by atoms with Crippen LogP contribution in [0.2, 0.25) is 0 Å². The summed E-state index contributed by atoms with van der Waals surface area (Å²) in [6.07, 6.45) is -3.42. The predicted octanol–water partition coefficient (Wildman–Crippen LogP) is 6.97.